The molecule has 3 atom stereocenters. The molecule has 4 aliphatic rings. The molecular formula is C31H39N7O3S. The van der Waals surface area contributed by atoms with Gasteiger partial charge in [0.2, 0.25) is 5.91 Å². The van der Waals surface area contributed by atoms with Crippen molar-refractivity contribution in [1.29, 1.82) is 5.26 Å². The number of piperazine rings is 1. The van der Waals surface area contributed by atoms with Crippen molar-refractivity contribution in [1.82, 2.24) is 19.8 Å². The highest BCUT2D eigenvalue weighted by molar-refractivity contribution is 7.91. The summed E-state index contributed by atoms with van der Waals surface area (Å²) in [5.74, 6) is 1.39. The molecule has 1 aromatic carbocycles. The van der Waals surface area contributed by atoms with Crippen molar-refractivity contribution in [2.24, 2.45) is 0 Å². The van der Waals surface area contributed by atoms with Gasteiger partial charge in [-0.1, -0.05) is 18.7 Å². The van der Waals surface area contributed by atoms with Gasteiger partial charge in [0.15, 0.2) is 4.90 Å². The minimum atomic E-state index is -0.999. The zero-order valence-electron chi connectivity index (χ0n) is 24.3. The van der Waals surface area contributed by atoms with Crippen molar-refractivity contribution < 1.29 is 14.1 Å². The fourth-order valence-corrected chi connectivity index (χ4v) is 8.30. The molecule has 10 nitrogen and oxygen atoms in total. The fourth-order valence-electron chi connectivity index (χ4n) is 6.79. The van der Waals surface area contributed by atoms with Crippen LogP contribution in [0.5, 0.6) is 6.01 Å². The quantitative estimate of drug-likeness (QED) is 0.355. The Labute approximate surface area is 251 Å². The molecule has 0 bridgehead atoms. The van der Waals surface area contributed by atoms with Crippen molar-refractivity contribution >= 4 is 28.6 Å². The second-order valence-electron chi connectivity index (χ2n) is 11.6. The molecule has 1 amide bonds. The van der Waals surface area contributed by atoms with Crippen LogP contribution >= 0.6 is 0 Å². The number of aromatic nitrogens is 2. The van der Waals surface area contributed by atoms with Crippen LogP contribution in [0.4, 0.5) is 11.5 Å². The third kappa shape index (κ3) is 5.68. The van der Waals surface area contributed by atoms with Gasteiger partial charge < -0.3 is 28.9 Å². The maximum atomic E-state index is 13.1. The van der Waals surface area contributed by atoms with Gasteiger partial charge in [0.25, 0.3) is 0 Å². The number of benzene rings is 1. The third-order valence-electron chi connectivity index (χ3n) is 9.09. The number of anilines is 2. The lowest BCUT2D eigenvalue weighted by Gasteiger charge is -2.42. The van der Waals surface area contributed by atoms with E-state index in [1.807, 2.05) is 0 Å². The standard InChI is InChI=1S/C31H39N7O3S/c1-3-28(39)38-17-16-37(19-23(38)11-13-32)30-25-12-15-36(27-10-4-7-22-8-6-18-42(40)29(22)27)20-26(25)33-31(34-30)41-21-24-9-5-14-35(24)2/h3-4,7,10,23-24H,1,5-6,8-9,11-12,14-21H2,2H3/t23-,24-,42?/m0/s1. The summed E-state index contributed by atoms with van der Waals surface area (Å²) < 4.78 is 19.4. The van der Waals surface area contributed by atoms with Crippen molar-refractivity contribution in [3.63, 3.8) is 0 Å². The fraction of sp³-hybridized carbons (Fsp3) is 0.548. The summed E-state index contributed by atoms with van der Waals surface area (Å²) >= 11 is -0.999. The van der Waals surface area contributed by atoms with Crippen LogP contribution in [-0.2, 0) is 35.4 Å². The maximum Gasteiger partial charge on any atom is 0.318 e. The smallest absolute Gasteiger partial charge is 0.318 e. The Balaban J connectivity index is 1.32. The molecule has 1 unspecified atom stereocenters. The van der Waals surface area contributed by atoms with E-state index >= 15 is 0 Å². The Bertz CT molecular complexity index is 1380. The molecule has 0 spiro atoms. The van der Waals surface area contributed by atoms with E-state index in [2.05, 4.69) is 52.6 Å². The van der Waals surface area contributed by atoms with Crippen LogP contribution in [0.25, 0.3) is 0 Å². The summed E-state index contributed by atoms with van der Waals surface area (Å²) in [5.41, 5.74) is 4.23. The Kier molecular flexibility index (Phi) is 8.56. The Hall–Kier alpha value is -3.33. The zero-order chi connectivity index (χ0) is 29.2. The van der Waals surface area contributed by atoms with Gasteiger partial charge in [-0.25, -0.2) is 0 Å². The molecule has 0 saturated carbocycles. The largest absolute Gasteiger partial charge is 0.611 e. The first kappa shape index (κ1) is 28.8. The molecule has 2 fully saturated rings. The minimum Gasteiger partial charge on any atom is -0.611 e. The maximum absolute atomic E-state index is 13.1. The van der Waals surface area contributed by atoms with Crippen molar-refractivity contribution in [3.8, 4) is 12.1 Å². The summed E-state index contributed by atoms with van der Waals surface area (Å²) in [6.45, 7) is 8.19. The molecular weight excluding hydrogens is 550 g/mol. The van der Waals surface area contributed by atoms with Crippen LogP contribution in [0.15, 0.2) is 35.7 Å². The van der Waals surface area contributed by atoms with E-state index in [-0.39, 0.29) is 18.4 Å². The van der Waals surface area contributed by atoms with Crippen LogP contribution in [0.1, 0.15) is 42.5 Å². The normalized spacial score (nSPS) is 24.1. The van der Waals surface area contributed by atoms with Gasteiger partial charge in [-0.15, -0.1) is 0 Å². The number of aryl methyl sites for hydroxylation is 1. The lowest BCUT2D eigenvalue weighted by Crippen LogP contribution is -2.55. The first-order chi connectivity index (χ1) is 20.5. The average molecular weight is 590 g/mol. The van der Waals surface area contributed by atoms with Crippen molar-refractivity contribution in [2.45, 2.75) is 62.0 Å². The molecule has 1 aromatic heterocycles. The van der Waals surface area contributed by atoms with Crippen LogP contribution in [0.3, 0.4) is 0 Å². The van der Waals surface area contributed by atoms with E-state index in [4.69, 9.17) is 14.7 Å². The number of ether oxygens (including phenoxy) is 1. The Morgan fingerprint density at radius 1 is 1.19 bits per heavy atom. The monoisotopic (exact) mass is 589 g/mol. The molecule has 2 aromatic rings. The number of rotatable bonds is 7. The minimum absolute atomic E-state index is 0.149. The SMILES string of the molecule is C=CC(=O)N1CCN(c2nc(OC[C@@H]3CCCN3C)nc3c2CCN(c2cccc4c2[S+]([O-])CCC4)C3)C[C@@H]1CC#N. The van der Waals surface area contributed by atoms with E-state index in [9.17, 15) is 14.6 Å². The van der Waals surface area contributed by atoms with Crippen molar-refractivity contribution in [2.75, 3.05) is 61.9 Å². The van der Waals surface area contributed by atoms with Gasteiger partial charge in [0.1, 0.15) is 18.2 Å². The van der Waals surface area contributed by atoms with Gasteiger partial charge in [0.05, 0.1) is 36.5 Å². The summed E-state index contributed by atoms with van der Waals surface area (Å²) in [4.78, 5) is 32.0. The van der Waals surface area contributed by atoms with Crippen LogP contribution < -0.4 is 14.5 Å². The molecule has 4 aliphatic heterocycles. The van der Waals surface area contributed by atoms with Gasteiger partial charge >= 0.3 is 6.01 Å². The number of fused-ring (bicyclic) bond motifs is 2. The van der Waals surface area contributed by atoms with Gasteiger partial charge in [-0.05, 0) is 69.0 Å². The number of carbonyl (C=O) groups excluding carboxylic acids is 1. The highest BCUT2D eigenvalue weighted by atomic mass is 32.2. The number of nitrogens with zero attached hydrogens (tertiary/aromatic N) is 7. The topological polar surface area (TPSA) is 112 Å². The Morgan fingerprint density at radius 2 is 2.07 bits per heavy atom. The highest BCUT2D eigenvalue weighted by Crippen LogP contribution is 2.38. The highest BCUT2D eigenvalue weighted by Gasteiger charge is 2.35. The molecule has 42 heavy (non-hydrogen) atoms. The van der Waals surface area contributed by atoms with E-state index in [0.717, 1.165) is 72.9 Å². The number of nitriles is 1. The van der Waals surface area contributed by atoms with E-state index in [1.165, 1.54) is 11.6 Å². The number of hydrogen-bond acceptors (Lipinski definition) is 9. The molecule has 0 N–H and O–H groups in total. The molecule has 222 valence electrons. The average Bonchev–Trinajstić information content (AvgIpc) is 3.43. The second-order valence-corrected chi connectivity index (χ2v) is 13.1. The first-order valence-corrected chi connectivity index (χ1v) is 16.3. The summed E-state index contributed by atoms with van der Waals surface area (Å²) in [5, 5.41) is 9.51. The third-order valence-corrected chi connectivity index (χ3v) is 10.7. The molecule has 2 saturated heterocycles. The van der Waals surface area contributed by atoms with Crippen LogP contribution in [0, 0.1) is 11.3 Å². The predicted molar refractivity (Wildman–Crippen MR) is 162 cm³/mol. The lowest BCUT2D eigenvalue weighted by atomic mass is 10.0. The molecule has 6 rings (SSSR count). The lowest BCUT2D eigenvalue weighted by molar-refractivity contribution is -0.128. The number of carbonyl (C=O) groups is 1. The number of amides is 1. The van der Waals surface area contributed by atoms with Gasteiger partial charge in [-0.3, -0.25) is 4.79 Å². The van der Waals surface area contributed by atoms with Crippen molar-refractivity contribution in [3.05, 3.63) is 47.7 Å². The number of likely N-dealkylation sites (tertiary alicyclic amines) is 1. The molecule has 0 aliphatic carbocycles. The van der Waals surface area contributed by atoms with Gasteiger partial charge in [-0.2, -0.15) is 15.2 Å². The Morgan fingerprint density at radius 3 is 2.86 bits per heavy atom. The van der Waals surface area contributed by atoms with E-state index in [1.54, 1.807) is 4.90 Å². The van der Waals surface area contributed by atoms with Crippen LogP contribution in [-0.4, -0.2) is 94.4 Å². The van der Waals surface area contributed by atoms with Gasteiger partial charge in [0, 0.05) is 43.3 Å². The number of likely N-dealkylation sites (N-methyl/N-ethyl adjacent to an activating group) is 1. The summed E-state index contributed by atoms with van der Waals surface area (Å²) in [6.07, 6.45) is 6.47. The van der Waals surface area contributed by atoms with Crippen LogP contribution in [0.2, 0.25) is 0 Å². The summed E-state index contributed by atoms with van der Waals surface area (Å²) in [6, 6.07) is 8.97. The molecule has 5 heterocycles. The molecule has 0 radical (unpaired) electrons. The first-order valence-electron chi connectivity index (χ1n) is 15.0. The predicted octanol–water partition coefficient (Wildman–Crippen LogP) is 2.68. The zero-order valence-corrected chi connectivity index (χ0v) is 25.2. The number of hydrogen-bond donors (Lipinski definition) is 0. The summed E-state index contributed by atoms with van der Waals surface area (Å²) in [7, 11) is 2.13. The van der Waals surface area contributed by atoms with E-state index in [0.29, 0.717) is 50.6 Å². The molecule has 11 heteroatoms. The second kappa shape index (κ2) is 12.5. The van der Waals surface area contributed by atoms with E-state index < -0.39 is 11.2 Å².